The maximum absolute atomic E-state index is 12.8. The molecule has 0 aliphatic carbocycles. The van der Waals surface area contributed by atoms with Gasteiger partial charge in [-0.3, -0.25) is 4.99 Å². The normalized spacial score (nSPS) is 11.8. The third kappa shape index (κ3) is 6.17. The Bertz CT molecular complexity index is 899. The second-order valence-corrected chi connectivity index (χ2v) is 6.78. The molecule has 0 aliphatic heterocycles. The van der Waals surface area contributed by atoms with Crippen molar-refractivity contribution in [1.82, 2.24) is 19.9 Å². The number of aliphatic imine (C=N–C) groups is 1. The summed E-state index contributed by atoms with van der Waals surface area (Å²) in [7, 11) is 0. The van der Waals surface area contributed by atoms with Crippen LogP contribution >= 0.6 is 11.6 Å². The van der Waals surface area contributed by atoms with Crippen LogP contribution in [-0.2, 0) is 9.53 Å². The fourth-order valence-corrected chi connectivity index (χ4v) is 2.88. The minimum absolute atomic E-state index is 0.0536. The van der Waals surface area contributed by atoms with Crippen molar-refractivity contribution in [2.24, 2.45) is 16.5 Å². The maximum atomic E-state index is 12.8. The van der Waals surface area contributed by atoms with Gasteiger partial charge in [0.2, 0.25) is 5.95 Å². The maximum Gasteiger partial charge on any atom is 0.417 e. The first-order valence-corrected chi connectivity index (χ1v) is 9.83. The van der Waals surface area contributed by atoms with Gasteiger partial charge in [-0.05, 0) is 19.3 Å². The largest absolute Gasteiger partial charge is 0.480 e. The van der Waals surface area contributed by atoms with Crippen LogP contribution in [0.15, 0.2) is 11.3 Å². The number of anilines is 1. The molecular formula is C17H25ClN8O4. The van der Waals surface area contributed by atoms with Crippen molar-refractivity contribution in [3.63, 3.8) is 0 Å². The Morgan fingerprint density at radius 2 is 2.10 bits per heavy atom. The molecule has 0 unspecified atom stereocenters. The van der Waals surface area contributed by atoms with E-state index in [1.165, 1.54) is 6.33 Å². The molecule has 0 fully saturated rings. The van der Waals surface area contributed by atoms with Crippen LogP contribution in [0.2, 0.25) is 5.15 Å². The molecule has 0 aliphatic rings. The fourth-order valence-electron chi connectivity index (χ4n) is 2.70. The molecule has 2 rings (SSSR count). The van der Waals surface area contributed by atoms with Crippen molar-refractivity contribution in [2.75, 3.05) is 18.1 Å². The number of hydrogen-bond donors (Lipinski definition) is 4. The molecule has 30 heavy (non-hydrogen) atoms. The predicted molar refractivity (Wildman–Crippen MR) is 111 cm³/mol. The smallest absolute Gasteiger partial charge is 0.417 e. The van der Waals surface area contributed by atoms with E-state index in [0.29, 0.717) is 12.8 Å². The van der Waals surface area contributed by atoms with Gasteiger partial charge in [-0.15, -0.1) is 0 Å². The molecule has 2 aromatic rings. The molecule has 2 heterocycles. The fraction of sp³-hybridized carbons (Fsp3) is 0.529. The molecule has 2 aromatic heterocycles. The summed E-state index contributed by atoms with van der Waals surface area (Å²) < 4.78 is 5.29. The summed E-state index contributed by atoms with van der Waals surface area (Å²) in [6.45, 7) is 2.39. The molecule has 0 saturated carbocycles. The molecule has 1 amide bonds. The summed E-state index contributed by atoms with van der Waals surface area (Å²) in [5, 5.41) is 9.86. The Hall–Kier alpha value is -3.15. The van der Waals surface area contributed by atoms with Gasteiger partial charge in [0.05, 0.1) is 6.61 Å². The number of aliphatic carboxylic acids is 1. The number of carboxylic acid groups (broad SMARTS) is 1. The number of fused-ring (bicyclic) bond motifs is 1. The average molecular weight is 441 g/mol. The van der Waals surface area contributed by atoms with Crippen LogP contribution in [0.5, 0.6) is 0 Å². The van der Waals surface area contributed by atoms with Gasteiger partial charge < -0.3 is 26.3 Å². The van der Waals surface area contributed by atoms with Crippen LogP contribution in [0.1, 0.15) is 39.0 Å². The number of H-pyrrole nitrogens is 1. The predicted octanol–water partition coefficient (Wildman–Crippen LogP) is 1.65. The summed E-state index contributed by atoms with van der Waals surface area (Å²) >= 11 is 6.04. The summed E-state index contributed by atoms with van der Waals surface area (Å²) in [6, 6.07) is -1.27. The highest BCUT2D eigenvalue weighted by Crippen LogP contribution is 2.24. The highest BCUT2D eigenvalue weighted by molar-refractivity contribution is 6.33. The third-order valence-electron chi connectivity index (χ3n) is 4.15. The Morgan fingerprint density at radius 3 is 2.73 bits per heavy atom. The number of imidazole rings is 1. The SMILES string of the molecule is CCCCCOC(=O)N(c1nc2ncnc(Cl)c2[nH]1)[C@H](CCCN=C(N)N)C(=O)O. The van der Waals surface area contributed by atoms with E-state index in [-0.39, 0.29) is 47.8 Å². The van der Waals surface area contributed by atoms with E-state index < -0.39 is 18.1 Å². The molecule has 0 bridgehead atoms. The van der Waals surface area contributed by atoms with E-state index in [9.17, 15) is 14.7 Å². The van der Waals surface area contributed by atoms with Crippen molar-refractivity contribution in [1.29, 1.82) is 0 Å². The lowest BCUT2D eigenvalue weighted by Crippen LogP contribution is -2.46. The highest BCUT2D eigenvalue weighted by atomic mass is 35.5. The summed E-state index contributed by atoms with van der Waals surface area (Å²) in [4.78, 5) is 44.4. The number of amides is 1. The summed E-state index contributed by atoms with van der Waals surface area (Å²) in [6.07, 6.45) is 3.24. The number of aromatic nitrogens is 4. The van der Waals surface area contributed by atoms with E-state index in [0.717, 1.165) is 17.7 Å². The third-order valence-corrected chi connectivity index (χ3v) is 4.44. The quantitative estimate of drug-likeness (QED) is 0.174. The molecular weight excluding hydrogens is 416 g/mol. The van der Waals surface area contributed by atoms with Crippen LogP contribution < -0.4 is 16.4 Å². The van der Waals surface area contributed by atoms with Gasteiger partial charge in [-0.1, -0.05) is 31.4 Å². The number of halogens is 1. The number of guanidine groups is 1. The minimum Gasteiger partial charge on any atom is -0.480 e. The number of carbonyl (C=O) groups is 2. The molecule has 164 valence electrons. The number of rotatable bonds is 11. The number of carbonyl (C=O) groups excluding carboxylic acids is 1. The zero-order valence-corrected chi connectivity index (χ0v) is 17.3. The van der Waals surface area contributed by atoms with Gasteiger partial charge in [0.15, 0.2) is 16.8 Å². The number of nitrogens with two attached hydrogens (primary N) is 2. The van der Waals surface area contributed by atoms with Crippen LogP contribution in [0, 0.1) is 0 Å². The van der Waals surface area contributed by atoms with Gasteiger partial charge in [0.25, 0.3) is 0 Å². The van der Waals surface area contributed by atoms with Crippen LogP contribution in [-0.4, -0.2) is 62.3 Å². The first kappa shape index (κ1) is 23.1. The van der Waals surface area contributed by atoms with Gasteiger partial charge in [0, 0.05) is 6.54 Å². The Labute approximate surface area is 177 Å². The van der Waals surface area contributed by atoms with Crippen LogP contribution in [0.25, 0.3) is 11.2 Å². The summed E-state index contributed by atoms with van der Waals surface area (Å²) in [5.74, 6) is -1.38. The topological polar surface area (TPSA) is 186 Å². The number of nitrogens with one attached hydrogen (secondary N) is 1. The zero-order chi connectivity index (χ0) is 22.1. The second kappa shape index (κ2) is 11.1. The monoisotopic (exact) mass is 440 g/mol. The molecule has 6 N–H and O–H groups in total. The highest BCUT2D eigenvalue weighted by Gasteiger charge is 2.34. The van der Waals surface area contributed by atoms with E-state index in [1.54, 1.807) is 0 Å². The number of carboxylic acids is 1. The molecule has 0 saturated heterocycles. The van der Waals surface area contributed by atoms with Crippen molar-refractivity contribution in [2.45, 2.75) is 45.1 Å². The lowest BCUT2D eigenvalue weighted by atomic mass is 10.1. The molecule has 0 spiro atoms. The Balaban J connectivity index is 2.31. The van der Waals surface area contributed by atoms with Crippen molar-refractivity contribution in [3.8, 4) is 0 Å². The number of ether oxygens (including phenoxy) is 1. The number of hydrogen-bond acceptors (Lipinski definition) is 7. The Morgan fingerprint density at radius 1 is 1.33 bits per heavy atom. The lowest BCUT2D eigenvalue weighted by Gasteiger charge is -2.26. The summed E-state index contributed by atoms with van der Waals surface area (Å²) in [5.41, 5.74) is 11.1. The van der Waals surface area contributed by atoms with Gasteiger partial charge in [-0.2, -0.15) is 4.98 Å². The first-order valence-electron chi connectivity index (χ1n) is 9.45. The van der Waals surface area contributed by atoms with E-state index in [4.69, 9.17) is 27.8 Å². The number of aromatic amines is 1. The standard InChI is InChI=1S/C17H25ClN8O4/c1-2-3-4-8-30-17(29)26(10(14(27)28)6-5-7-21-15(19)20)16-24-11-12(18)22-9-23-13(11)25-16/h9-10H,2-8H2,1H3,(H,27,28)(H4,19,20,21)(H,22,23,24,25)/t10-/m1/s1. The van der Waals surface area contributed by atoms with E-state index >= 15 is 0 Å². The van der Waals surface area contributed by atoms with Crippen molar-refractivity contribution in [3.05, 3.63) is 11.5 Å². The minimum atomic E-state index is -1.27. The number of nitrogens with zero attached hydrogens (tertiary/aromatic N) is 5. The first-order chi connectivity index (χ1) is 14.3. The zero-order valence-electron chi connectivity index (χ0n) is 16.5. The molecule has 0 aromatic carbocycles. The van der Waals surface area contributed by atoms with E-state index in [2.05, 4.69) is 24.9 Å². The van der Waals surface area contributed by atoms with Gasteiger partial charge in [-0.25, -0.2) is 24.5 Å². The number of unbranched alkanes of at least 4 members (excludes halogenated alkanes) is 2. The lowest BCUT2D eigenvalue weighted by molar-refractivity contribution is -0.138. The average Bonchev–Trinajstić information content (AvgIpc) is 3.12. The van der Waals surface area contributed by atoms with Gasteiger partial charge >= 0.3 is 12.1 Å². The van der Waals surface area contributed by atoms with E-state index in [1.807, 2.05) is 6.92 Å². The second-order valence-electron chi connectivity index (χ2n) is 6.42. The molecule has 13 heteroatoms. The van der Waals surface area contributed by atoms with Crippen LogP contribution in [0.3, 0.4) is 0 Å². The molecule has 12 nitrogen and oxygen atoms in total. The van der Waals surface area contributed by atoms with Gasteiger partial charge in [0.1, 0.15) is 17.9 Å². The Kier molecular flexibility index (Phi) is 8.59. The van der Waals surface area contributed by atoms with Crippen molar-refractivity contribution >= 4 is 46.7 Å². The molecule has 0 radical (unpaired) electrons. The molecule has 1 atom stereocenters. The van der Waals surface area contributed by atoms with Crippen LogP contribution in [0.4, 0.5) is 10.7 Å². The van der Waals surface area contributed by atoms with Crippen molar-refractivity contribution < 1.29 is 19.4 Å².